The van der Waals surface area contributed by atoms with Crippen LogP contribution in [0.2, 0.25) is 0 Å². The Morgan fingerprint density at radius 3 is 2.75 bits per heavy atom. The fourth-order valence-electron chi connectivity index (χ4n) is 2.71. The van der Waals surface area contributed by atoms with E-state index in [0.29, 0.717) is 11.0 Å². The molecule has 1 aliphatic heterocycles. The molecule has 0 amide bonds. The van der Waals surface area contributed by atoms with Crippen LogP contribution in [0, 0.1) is 5.92 Å². The van der Waals surface area contributed by atoms with Gasteiger partial charge in [0.2, 0.25) is 0 Å². The third kappa shape index (κ3) is 3.41. The van der Waals surface area contributed by atoms with Gasteiger partial charge in [0.1, 0.15) is 4.47 Å². The molecule has 1 aliphatic rings. The van der Waals surface area contributed by atoms with Gasteiger partial charge in [-0.3, -0.25) is 4.79 Å². The van der Waals surface area contributed by atoms with E-state index in [0.717, 1.165) is 31.2 Å². The van der Waals surface area contributed by atoms with Crippen LogP contribution in [0.25, 0.3) is 0 Å². The number of aryl methyl sites for hydroxylation is 1. The van der Waals surface area contributed by atoms with Crippen molar-refractivity contribution in [2.24, 2.45) is 5.92 Å². The van der Waals surface area contributed by atoms with Crippen LogP contribution in [0.1, 0.15) is 26.2 Å². The number of nitrogens with one attached hydrogen (secondary N) is 1. The normalized spacial score (nSPS) is 16.6. The van der Waals surface area contributed by atoms with E-state index in [9.17, 15) is 4.79 Å². The summed E-state index contributed by atoms with van der Waals surface area (Å²) in [5, 5.41) is 7.44. The number of halogens is 1. The Morgan fingerprint density at radius 1 is 1.45 bits per heavy atom. The molecule has 0 aromatic carbocycles. The highest BCUT2D eigenvalue weighted by Crippen LogP contribution is 2.28. The van der Waals surface area contributed by atoms with Gasteiger partial charge in [-0.05, 0) is 61.6 Å². The van der Waals surface area contributed by atoms with Crippen molar-refractivity contribution in [1.29, 1.82) is 0 Å². The van der Waals surface area contributed by atoms with Crippen LogP contribution in [0.3, 0.4) is 0 Å². The Labute approximate surface area is 128 Å². The summed E-state index contributed by atoms with van der Waals surface area (Å²) in [4.78, 5) is 14.4. The molecular weight excluding hydrogens is 320 g/mol. The van der Waals surface area contributed by atoms with Gasteiger partial charge in [-0.15, -0.1) is 0 Å². The van der Waals surface area contributed by atoms with Crippen molar-refractivity contribution in [3.63, 3.8) is 0 Å². The lowest BCUT2D eigenvalue weighted by Crippen LogP contribution is -2.36. The van der Waals surface area contributed by atoms with Crippen LogP contribution in [-0.4, -0.2) is 36.5 Å². The Hall–Kier alpha value is -0.880. The van der Waals surface area contributed by atoms with Crippen molar-refractivity contribution in [1.82, 2.24) is 15.1 Å². The molecule has 0 radical (unpaired) electrons. The minimum absolute atomic E-state index is 0.0395. The van der Waals surface area contributed by atoms with Gasteiger partial charge in [-0.1, -0.05) is 0 Å². The number of hydrogen-bond donors (Lipinski definition) is 1. The maximum atomic E-state index is 12.1. The molecule has 2 rings (SSSR count). The molecule has 1 aromatic rings. The van der Waals surface area contributed by atoms with E-state index in [-0.39, 0.29) is 5.56 Å². The average Bonchev–Trinajstić information content (AvgIpc) is 2.48. The molecule has 0 atom stereocenters. The largest absolute Gasteiger partial charge is 0.369 e. The molecule has 1 saturated heterocycles. The summed E-state index contributed by atoms with van der Waals surface area (Å²) in [5.74, 6) is 0.793. The Balaban J connectivity index is 2.04. The Morgan fingerprint density at radius 2 is 2.15 bits per heavy atom. The first-order valence-corrected chi connectivity index (χ1v) is 8.11. The second-order valence-corrected chi connectivity index (χ2v) is 6.08. The van der Waals surface area contributed by atoms with E-state index in [1.807, 2.05) is 20.2 Å². The van der Waals surface area contributed by atoms with Crippen molar-refractivity contribution < 1.29 is 0 Å². The van der Waals surface area contributed by atoms with Crippen LogP contribution in [0.5, 0.6) is 0 Å². The van der Waals surface area contributed by atoms with E-state index < -0.39 is 0 Å². The molecule has 0 unspecified atom stereocenters. The van der Waals surface area contributed by atoms with Crippen LogP contribution in [-0.2, 0) is 6.54 Å². The monoisotopic (exact) mass is 342 g/mol. The predicted molar refractivity (Wildman–Crippen MR) is 85.4 cm³/mol. The van der Waals surface area contributed by atoms with Gasteiger partial charge >= 0.3 is 0 Å². The summed E-state index contributed by atoms with van der Waals surface area (Å²) in [6, 6.07) is 0. The summed E-state index contributed by atoms with van der Waals surface area (Å²) in [5.41, 5.74) is 0.897. The molecule has 6 heteroatoms. The van der Waals surface area contributed by atoms with E-state index in [1.54, 1.807) is 0 Å². The zero-order chi connectivity index (χ0) is 14.5. The molecule has 1 N–H and O–H groups in total. The third-order valence-electron chi connectivity index (χ3n) is 4.02. The number of anilines is 1. The van der Waals surface area contributed by atoms with Crippen LogP contribution < -0.4 is 15.8 Å². The van der Waals surface area contributed by atoms with Gasteiger partial charge in [0.05, 0.1) is 11.9 Å². The van der Waals surface area contributed by atoms with Crippen molar-refractivity contribution in [2.75, 3.05) is 31.6 Å². The molecule has 0 bridgehead atoms. The predicted octanol–water partition coefficient (Wildman–Crippen LogP) is 1.85. The van der Waals surface area contributed by atoms with Crippen LogP contribution >= 0.6 is 15.9 Å². The summed E-state index contributed by atoms with van der Waals surface area (Å²) in [6.07, 6.45) is 5.42. The number of aromatic nitrogens is 2. The average molecular weight is 343 g/mol. The van der Waals surface area contributed by atoms with E-state index >= 15 is 0 Å². The molecular formula is C14H23BrN4O. The number of piperidine rings is 1. The maximum Gasteiger partial charge on any atom is 0.283 e. The highest BCUT2D eigenvalue weighted by atomic mass is 79.9. The lowest BCUT2D eigenvalue weighted by molar-refractivity contribution is 0.377. The standard InChI is InChI=1S/C14H23BrN4O/c1-3-19-14(20)13(15)12(10-17-19)18-8-5-11(6-9-18)4-7-16-2/h10-11,16H,3-9H2,1-2H3. The summed E-state index contributed by atoms with van der Waals surface area (Å²) in [7, 11) is 2.00. The molecule has 0 saturated carbocycles. The first-order valence-electron chi connectivity index (χ1n) is 7.32. The molecule has 0 aliphatic carbocycles. The summed E-state index contributed by atoms with van der Waals surface area (Å²) < 4.78 is 2.12. The van der Waals surface area contributed by atoms with Gasteiger partial charge in [-0.2, -0.15) is 5.10 Å². The number of rotatable bonds is 5. The second kappa shape index (κ2) is 7.22. The number of nitrogens with zero attached hydrogens (tertiary/aromatic N) is 3. The molecule has 1 fully saturated rings. The lowest BCUT2D eigenvalue weighted by Gasteiger charge is -2.33. The fourth-order valence-corrected chi connectivity index (χ4v) is 3.27. The first-order chi connectivity index (χ1) is 9.67. The third-order valence-corrected chi connectivity index (χ3v) is 4.77. The minimum atomic E-state index is -0.0395. The molecule has 112 valence electrons. The summed E-state index contributed by atoms with van der Waals surface area (Å²) >= 11 is 3.44. The van der Waals surface area contributed by atoms with Crippen LogP contribution in [0.15, 0.2) is 15.5 Å². The van der Waals surface area contributed by atoms with E-state index in [1.165, 1.54) is 23.9 Å². The van der Waals surface area contributed by atoms with Gasteiger partial charge in [0.15, 0.2) is 0 Å². The van der Waals surface area contributed by atoms with Gasteiger partial charge < -0.3 is 10.2 Å². The van der Waals surface area contributed by atoms with E-state index in [2.05, 4.69) is 31.2 Å². The molecule has 20 heavy (non-hydrogen) atoms. The zero-order valence-electron chi connectivity index (χ0n) is 12.2. The Bertz CT molecular complexity index is 494. The Kier molecular flexibility index (Phi) is 5.60. The highest BCUT2D eigenvalue weighted by Gasteiger charge is 2.22. The van der Waals surface area contributed by atoms with Crippen molar-refractivity contribution >= 4 is 21.6 Å². The van der Waals surface area contributed by atoms with E-state index in [4.69, 9.17) is 0 Å². The zero-order valence-corrected chi connectivity index (χ0v) is 13.8. The SMILES string of the molecule is CCn1ncc(N2CCC(CCNC)CC2)c(Br)c1=O. The smallest absolute Gasteiger partial charge is 0.283 e. The van der Waals surface area contributed by atoms with Gasteiger partial charge in [0, 0.05) is 19.6 Å². The maximum absolute atomic E-state index is 12.1. The molecule has 0 spiro atoms. The van der Waals surface area contributed by atoms with Crippen molar-refractivity contribution in [3.8, 4) is 0 Å². The molecule has 1 aromatic heterocycles. The quantitative estimate of drug-likeness (QED) is 0.887. The minimum Gasteiger partial charge on any atom is -0.369 e. The highest BCUT2D eigenvalue weighted by molar-refractivity contribution is 9.10. The summed E-state index contributed by atoms with van der Waals surface area (Å²) in [6.45, 7) is 5.62. The number of hydrogen-bond acceptors (Lipinski definition) is 4. The van der Waals surface area contributed by atoms with Gasteiger partial charge in [-0.25, -0.2) is 4.68 Å². The fraction of sp³-hybridized carbons (Fsp3) is 0.714. The van der Waals surface area contributed by atoms with Gasteiger partial charge in [0.25, 0.3) is 5.56 Å². The molecule has 5 nitrogen and oxygen atoms in total. The topological polar surface area (TPSA) is 50.2 Å². The van der Waals surface area contributed by atoms with Crippen molar-refractivity contribution in [2.45, 2.75) is 32.7 Å². The van der Waals surface area contributed by atoms with Crippen LogP contribution in [0.4, 0.5) is 5.69 Å². The van der Waals surface area contributed by atoms with Crippen molar-refractivity contribution in [3.05, 3.63) is 21.0 Å². The lowest BCUT2D eigenvalue weighted by atomic mass is 9.93. The first kappa shape index (κ1) is 15.5. The molecule has 2 heterocycles. The second-order valence-electron chi connectivity index (χ2n) is 5.29.